The second kappa shape index (κ2) is 7.03. The fraction of sp³-hybridized carbons (Fsp3) is 0.526. The summed E-state index contributed by atoms with van der Waals surface area (Å²) in [6.45, 7) is 3.57. The van der Waals surface area contributed by atoms with Gasteiger partial charge in [0.1, 0.15) is 6.04 Å². The van der Waals surface area contributed by atoms with Crippen LogP contribution < -0.4 is 16.4 Å². The molecule has 0 radical (unpaired) electrons. The summed E-state index contributed by atoms with van der Waals surface area (Å²) in [5, 5.41) is 5.73. The average molecular weight is 372 g/mol. The summed E-state index contributed by atoms with van der Waals surface area (Å²) in [6.07, 6.45) is 0.630. The molecule has 3 amide bonds. The highest BCUT2D eigenvalue weighted by Gasteiger charge is 2.40. The zero-order valence-corrected chi connectivity index (χ0v) is 15.1. The van der Waals surface area contributed by atoms with Gasteiger partial charge in [0.05, 0.1) is 13.2 Å². The summed E-state index contributed by atoms with van der Waals surface area (Å²) >= 11 is 0. The van der Waals surface area contributed by atoms with Crippen molar-refractivity contribution in [1.82, 2.24) is 15.5 Å². The smallest absolute Gasteiger partial charge is 0.255 e. The predicted molar refractivity (Wildman–Crippen MR) is 96.5 cm³/mol. The fourth-order valence-electron chi connectivity index (χ4n) is 3.98. The number of benzene rings is 1. The minimum absolute atomic E-state index is 0.0132. The number of piperidine rings is 1. The molecule has 0 bridgehead atoms. The summed E-state index contributed by atoms with van der Waals surface area (Å²) in [5.41, 5.74) is 8.33. The molecule has 0 aromatic heterocycles. The molecular weight excluding hydrogens is 348 g/mol. The molecule has 4 rings (SSSR count). The molecule has 8 heteroatoms. The number of carbonyl (C=O) groups excluding carboxylic acids is 3. The van der Waals surface area contributed by atoms with Gasteiger partial charge in [0.2, 0.25) is 11.8 Å². The Bertz CT molecular complexity index is 784. The third-order valence-electron chi connectivity index (χ3n) is 5.70. The van der Waals surface area contributed by atoms with Crippen LogP contribution in [0, 0.1) is 5.41 Å². The standard InChI is InChI=1S/C19H24N4O4/c20-8-19(10-27-11-19)9-21-6-12-2-1-3-13-7-23(18(26)16(12)13)14-4-5-15(24)22-17(14)25/h1-3,14,21H,4-11,20H2,(H,22,24,25). The molecular formula is C19H24N4O4. The number of hydrogen-bond donors (Lipinski definition) is 3. The molecule has 1 aromatic rings. The van der Waals surface area contributed by atoms with Crippen LogP contribution in [0.4, 0.5) is 0 Å². The quantitative estimate of drug-likeness (QED) is 0.581. The van der Waals surface area contributed by atoms with Crippen LogP contribution in [0.3, 0.4) is 0 Å². The van der Waals surface area contributed by atoms with E-state index >= 15 is 0 Å². The van der Waals surface area contributed by atoms with E-state index in [1.54, 1.807) is 4.90 Å². The maximum absolute atomic E-state index is 13.0. The molecule has 0 spiro atoms. The Morgan fingerprint density at radius 3 is 2.78 bits per heavy atom. The van der Waals surface area contributed by atoms with Crippen LogP contribution in [0.2, 0.25) is 0 Å². The van der Waals surface area contributed by atoms with Gasteiger partial charge >= 0.3 is 0 Å². The summed E-state index contributed by atoms with van der Waals surface area (Å²) < 4.78 is 5.28. The van der Waals surface area contributed by atoms with E-state index in [1.807, 2.05) is 18.2 Å². The Morgan fingerprint density at radius 2 is 2.11 bits per heavy atom. The predicted octanol–water partition coefficient (Wildman–Crippen LogP) is -0.487. The van der Waals surface area contributed by atoms with E-state index in [0.717, 1.165) is 17.7 Å². The van der Waals surface area contributed by atoms with E-state index in [1.165, 1.54) is 0 Å². The fourth-order valence-corrected chi connectivity index (χ4v) is 3.98. The highest BCUT2D eigenvalue weighted by atomic mass is 16.5. The van der Waals surface area contributed by atoms with Crippen LogP contribution in [0.1, 0.15) is 34.3 Å². The number of rotatable bonds is 6. The van der Waals surface area contributed by atoms with Crippen molar-refractivity contribution in [3.63, 3.8) is 0 Å². The van der Waals surface area contributed by atoms with E-state index in [9.17, 15) is 14.4 Å². The van der Waals surface area contributed by atoms with E-state index in [-0.39, 0.29) is 29.6 Å². The topological polar surface area (TPSA) is 114 Å². The van der Waals surface area contributed by atoms with Gasteiger partial charge in [-0.1, -0.05) is 18.2 Å². The lowest BCUT2D eigenvalue weighted by atomic mass is 9.86. The first-order chi connectivity index (χ1) is 13.0. The van der Waals surface area contributed by atoms with Crippen LogP contribution in [-0.2, 0) is 27.4 Å². The number of nitrogens with zero attached hydrogens (tertiary/aromatic N) is 1. The molecule has 144 valence electrons. The molecule has 2 saturated heterocycles. The number of hydrogen-bond acceptors (Lipinski definition) is 6. The van der Waals surface area contributed by atoms with Gasteiger partial charge in [0, 0.05) is 43.6 Å². The molecule has 2 fully saturated rings. The van der Waals surface area contributed by atoms with Crippen molar-refractivity contribution in [2.45, 2.75) is 32.0 Å². The highest BCUT2D eigenvalue weighted by Crippen LogP contribution is 2.30. The Balaban J connectivity index is 1.46. The second-order valence-electron chi connectivity index (χ2n) is 7.65. The van der Waals surface area contributed by atoms with Crippen molar-refractivity contribution >= 4 is 17.7 Å². The number of nitrogens with one attached hydrogen (secondary N) is 2. The van der Waals surface area contributed by atoms with Crippen molar-refractivity contribution in [1.29, 1.82) is 0 Å². The van der Waals surface area contributed by atoms with Gasteiger partial charge < -0.3 is 20.7 Å². The SMILES string of the molecule is NCC1(CNCc2cccc3c2C(=O)N(C2CCC(=O)NC2=O)C3)COC1. The van der Waals surface area contributed by atoms with Crippen LogP contribution in [-0.4, -0.2) is 55.0 Å². The lowest BCUT2D eigenvalue weighted by molar-refractivity contribution is -0.136. The first kappa shape index (κ1) is 18.1. The van der Waals surface area contributed by atoms with Crippen LogP contribution in [0.15, 0.2) is 18.2 Å². The lowest BCUT2D eigenvalue weighted by Crippen LogP contribution is -2.54. The van der Waals surface area contributed by atoms with Crippen molar-refractivity contribution < 1.29 is 19.1 Å². The zero-order valence-electron chi connectivity index (χ0n) is 15.1. The van der Waals surface area contributed by atoms with Crippen molar-refractivity contribution in [2.24, 2.45) is 11.1 Å². The molecule has 27 heavy (non-hydrogen) atoms. The van der Waals surface area contributed by atoms with Gasteiger partial charge in [0.15, 0.2) is 0 Å². The van der Waals surface area contributed by atoms with Crippen molar-refractivity contribution in [3.8, 4) is 0 Å². The summed E-state index contributed by atoms with van der Waals surface area (Å²) in [7, 11) is 0. The number of carbonyl (C=O) groups is 3. The molecule has 0 aliphatic carbocycles. The number of ether oxygens (including phenoxy) is 1. The highest BCUT2D eigenvalue weighted by molar-refractivity contribution is 6.05. The van der Waals surface area contributed by atoms with Crippen LogP contribution in [0.5, 0.6) is 0 Å². The molecule has 1 unspecified atom stereocenters. The lowest BCUT2D eigenvalue weighted by Gasteiger charge is -2.40. The molecule has 1 aromatic carbocycles. The monoisotopic (exact) mass is 372 g/mol. The Morgan fingerprint density at radius 1 is 1.30 bits per heavy atom. The maximum atomic E-state index is 13.0. The normalized spacial score (nSPS) is 23.8. The first-order valence-electron chi connectivity index (χ1n) is 9.27. The van der Waals surface area contributed by atoms with E-state index in [2.05, 4.69) is 10.6 Å². The largest absolute Gasteiger partial charge is 0.380 e. The Labute approximate surface area is 157 Å². The van der Waals surface area contributed by atoms with Gasteiger partial charge in [-0.2, -0.15) is 0 Å². The average Bonchev–Trinajstić information content (AvgIpc) is 2.95. The number of nitrogens with two attached hydrogens (primary N) is 1. The summed E-state index contributed by atoms with van der Waals surface area (Å²) in [4.78, 5) is 38.1. The molecule has 0 saturated carbocycles. The van der Waals surface area contributed by atoms with E-state index in [4.69, 9.17) is 10.5 Å². The van der Waals surface area contributed by atoms with Crippen molar-refractivity contribution in [3.05, 3.63) is 34.9 Å². The molecule has 3 heterocycles. The van der Waals surface area contributed by atoms with Crippen LogP contribution >= 0.6 is 0 Å². The second-order valence-corrected chi connectivity index (χ2v) is 7.65. The number of fused-ring (bicyclic) bond motifs is 1. The van der Waals surface area contributed by atoms with Gasteiger partial charge in [-0.25, -0.2) is 0 Å². The number of imide groups is 1. The maximum Gasteiger partial charge on any atom is 0.255 e. The molecule has 3 aliphatic heterocycles. The minimum atomic E-state index is -0.587. The zero-order chi connectivity index (χ0) is 19.0. The molecule has 4 N–H and O–H groups in total. The third-order valence-corrected chi connectivity index (χ3v) is 5.70. The minimum Gasteiger partial charge on any atom is -0.380 e. The summed E-state index contributed by atoms with van der Waals surface area (Å²) in [5.74, 6) is -0.807. The third kappa shape index (κ3) is 3.24. The van der Waals surface area contributed by atoms with Crippen molar-refractivity contribution in [2.75, 3.05) is 26.3 Å². The van der Waals surface area contributed by atoms with Gasteiger partial charge in [-0.15, -0.1) is 0 Å². The van der Waals surface area contributed by atoms with E-state index in [0.29, 0.717) is 44.8 Å². The first-order valence-corrected chi connectivity index (χ1v) is 9.27. The Kier molecular flexibility index (Phi) is 4.71. The van der Waals surface area contributed by atoms with Gasteiger partial charge in [0.25, 0.3) is 5.91 Å². The van der Waals surface area contributed by atoms with Crippen LogP contribution in [0.25, 0.3) is 0 Å². The Hall–Kier alpha value is -2.29. The molecule has 8 nitrogen and oxygen atoms in total. The van der Waals surface area contributed by atoms with Gasteiger partial charge in [-0.05, 0) is 17.5 Å². The van der Waals surface area contributed by atoms with Gasteiger partial charge in [-0.3, -0.25) is 19.7 Å². The number of amides is 3. The molecule has 3 aliphatic rings. The summed E-state index contributed by atoms with van der Waals surface area (Å²) in [6, 6.07) is 5.20. The van der Waals surface area contributed by atoms with E-state index < -0.39 is 6.04 Å². The molecule has 1 atom stereocenters.